The predicted octanol–water partition coefficient (Wildman–Crippen LogP) is 1.47. The largest absolute Gasteiger partial charge is 0.294 e. The Hall–Kier alpha value is -0.750. The van der Waals surface area contributed by atoms with Crippen LogP contribution in [0.15, 0.2) is 18.6 Å². The van der Waals surface area contributed by atoms with Gasteiger partial charge in [-0.25, -0.2) is 8.69 Å². The van der Waals surface area contributed by atoms with Crippen molar-refractivity contribution in [2.75, 3.05) is 12.5 Å². The van der Waals surface area contributed by atoms with E-state index in [1.54, 1.807) is 9.91 Å². The molecule has 0 saturated heterocycles. The quantitative estimate of drug-likeness (QED) is 0.715. The van der Waals surface area contributed by atoms with Crippen molar-refractivity contribution >= 4 is 29.8 Å². The molecule has 0 aliphatic heterocycles. The van der Waals surface area contributed by atoms with E-state index in [0.29, 0.717) is 5.69 Å². The third-order valence-corrected chi connectivity index (χ3v) is 3.17. The van der Waals surface area contributed by atoms with Crippen LogP contribution in [0, 0.1) is 0 Å². The van der Waals surface area contributed by atoms with Crippen LogP contribution < -0.4 is 0 Å². The number of hydrogen-bond donors (Lipinski definition) is 0. The molecule has 1 aromatic heterocycles. The zero-order valence-corrected chi connectivity index (χ0v) is 8.93. The molecule has 0 atom stereocenters. The molecule has 1 heterocycles. The van der Waals surface area contributed by atoms with Gasteiger partial charge in [-0.2, -0.15) is 0 Å². The highest BCUT2D eigenvalue weighted by Crippen LogP contribution is 2.18. The number of carbonyl (C=O) groups excluding carboxylic acids is 1. The third kappa shape index (κ3) is 2.60. The Labute approximate surface area is 85.4 Å². The van der Waals surface area contributed by atoms with Crippen molar-refractivity contribution in [3.63, 3.8) is 0 Å². The minimum atomic E-state index is -0.131. The van der Waals surface area contributed by atoms with E-state index >= 15 is 0 Å². The number of amides is 1. The first-order chi connectivity index (χ1) is 6.29. The van der Waals surface area contributed by atoms with E-state index in [9.17, 15) is 4.79 Å². The Kier molecular flexibility index (Phi) is 4.04. The summed E-state index contributed by atoms with van der Waals surface area (Å²) >= 11 is 2.70. The summed E-state index contributed by atoms with van der Waals surface area (Å²) in [5.74, 6) is -0.131. The SMILES string of the molecule is CSN(SC)C(=O)c1cnccn1. The molecule has 70 valence electrons. The fraction of sp³-hybridized carbons (Fsp3) is 0.286. The zero-order valence-electron chi connectivity index (χ0n) is 7.30. The van der Waals surface area contributed by atoms with Gasteiger partial charge >= 0.3 is 0 Å². The van der Waals surface area contributed by atoms with E-state index in [1.165, 1.54) is 36.3 Å². The van der Waals surface area contributed by atoms with Gasteiger partial charge in [0.05, 0.1) is 6.20 Å². The van der Waals surface area contributed by atoms with Gasteiger partial charge in [-0.3, -0.25) is 9.78 Å². The first-order valence-corrected chi connectivity index (χ1v) is 5.84. The molecule has 4 nitrogen and oxygen atoms in total. The molecule has 0 bridgehead atoms. The summed E-state index contributed by atoms with van der Waals surface area (Å²) in [6.07, 6.45) is 8.18. The Morgan fingerprint density at radius 2 is 2.08 bits per heavy atom. The summed E-state index contributed by atoms with van der Waals surface area (Å²) in [7, 11) is 0. The fourth-order valence-corrected chi connectivity index (χ4v) is 1.86. The lowest BCUT2D eigenvalue weighted by Crippen LogP contribution is -2.17. The number of rotatable bonds is 3. The van der Waals surface area contributed by atoms with Gasteiger partial charge in [0.15, 0.2) is 0 Å². The average molecular weight is 215 g/mol. The number of aromatic nitrogens is 2. The van der Waals surface area contributed by atoms with Crippen molar-refractivity contribution in [2.24, 2.45) is 0 Å². The normalized spacial score (nSPS) is 9.69. The second kappa shape index (κ2) is 5.08. The minimum Gasteiger partial charge on any atom is -0.265 e. The van der Waals surface area contributed by atoms with Gasteiger partial charge in [0.1, 0.15) is 5.69 Å². The van der Waals surface area contributed by atoms with Crippen LogP contribution in [-0.2, 0) is 0 Å². The van der Waals surface area contributed by atoms with Gasteiger partial charge in [-0.15, -0.1) is 0 Å². The molecule has 0 unspecified atom stereocenters. The smallest absolute Gasteiger partial charge is 0.265 e. The molecule has 1 amide bonds. The molecular formula is C7H9N3OS2. The van der Waals surface area contributed by atoms with Crippen LogP contribution in [0.2, 0.25) is 0 Å². The monoisotopic (exact) mass is 215 g/mol. The molecule has 0 radical (unpaired) electrons. The molecular weight excluding hydrogens is 206 g/mol. The van der Waals surface area contributed by atoms with Gasteiger partial charge in [0, 0.05) is 24.9 Å². The van der Waals surface area contributed by atoms with Gasteiger partial charge < -0.3 is 0 Å². The van der Waals surface area contributed by atoms with E-state index in [4.69, 9.17) is 0 Å². The lowest BCUT2D eigenvalue weighted by molar-refractivity contribution is 0.0929. The van der Waals surface area contributed by atoms with Crippen molar-refractivity contribution in [1.82, 2.24) is 13.7 Å². The molecule has 6 heteroatoms. The lowest BCUT2D eigenvalue weighted by atomic mass is 10.4. The fourth-order valence-electron chi connectivity index (χ4n) is 0.743. The molecule has 13 heavy (non-hydrogen) atoms. The zero-order chi connectivity index (χ0) is 9.68. The van der Waals surface area contributed by atoms with Crippen LogP contribution in [-0.4, -0.2) is 32.1 Å². The van der Waals surface area contributed by atoms with Crippen LogP contribution in [0.4, 0.5) is 0 Å². The minimum absolute atomic E-state index is 0.131. The van der Waals surface area contributed by atoms with Crippen LogP contribution in [0.3, 0.4) is 0 Å². The first-order valence-electron chi connectivity index (χ1n) is 3.48. The molecule has 0 N–H and O–H groups in total. The van der Waals surface area contributed by atoms with Crippen molar-refractivity contribution in [3.05, 3.63) is 24.3 Å². The molecule has 0 aliphatic carbocycles. The Morgan fingerprint density at radius 1 is 1.38 bits per heavy atom. The van der Waals surface area contributed by atoms with E-state index in [-0.39, 0.29) is 5.91 Å². The molecule has 1 rings (SSSR count). The van der Waals surface area contributed by atoms with Crippen molar-refractivity contribution in [1.29, 1.82) is 0 Å². The summed E-state index contributed by atoms with van der Waals surface area (Å²) in [5, 5.41) is 0. The van der Waals surface area contributed by atoms with E-state index < -0.39 is 0 Å². The molecule has 0 fully saturated rings. The van der Waals surface area contributed by atoms with Crippen molar-refractivity contribution in [2.45, 2.75) is 0 Å². The summed E-state index contributed by atoms with van der Waals surface area (Å²) in [6, 6.07) is 0. The van der Waals surface area contributed by atoms with Gasteiger partial charge in [0.2, 0.25) is 0 Å². The third-order valence-electron chi connectivity index (χ3n) is 1.28. The van der Waals surface area contributed by atoms with E-state index in [1.807, 2.05) is 12.5 Å². The Balaban J connectivity index is 2.78. The molecule has 0 saturated carbocycles. The van der Waals surface area contributed by atoms with Crippen molar-refractivity contribution in [3.8, 4) is 0 Å². The van der Waals surface area contributed by atoms with Crippen molar-refractivity contribution < 1.29 is 4.79 Å². The Morgan fingerprint density at radius 3 is 2.54 bits per heavy atom. The molecule has 0 aliphatic rings. The average Bonchev–Trinajstić information content (AvgIpc) is 2.21. The molecule has 1 aromatic rings. The number of nitrogens with zero attached hydrogens (tertiary/aromatic N) is 3. The maximum Gasteiger partial charge on any atom is 0.294 e. The summed E-state index contributed by atoms with van der Waals surface area (Å²) in [5.41, 5.74) is 0.367. The highest BCUT2D eigenvalue weighted by atomic mass is 32.2. The summed E-state index contributed by atoms with van der Waals surface area (Å²) in [4.78, 5) is 19.3. The first kappa shape index (κ1) is 10.3. The maximum atomic E-state index is 11.6. The van der Waals surface area contributed by atoms with Crippen LogP contribution >= 0.6 is 23.9 Å². The second-order valence-electron chi connectivity index (χ2n) is 2.02. The standard InChI is InChI=1S/C7H9N3OS2/c1-12-10(13-2)7(11)6-5-8-3-4-9-6/h3-5H,1-2H3. The lowest BCUT2D eigenvalue weighted by Gasteiger charge is -2.13. The van der Waals surface area contributed by atoms with Crippen LogP contribution in [0.5, 0.6) is 0 Å². The van der Waals surface area contributed by atoms with Gasteiger partial charge in [0.25, 0.3) is 5.91 Å². The Bertz CT molecular complexity index is 276. The van der Waals surface area contributed by atoms with Gasteiger partial charge in [-0.1, -0.05) is 0 Å². The highest BCUT2D eigenvalue weighted by molar-refractivity contribution is 8.12. The van der Waals surface area contributed by atoms with Crippen LogP contribution in [0.25, 0.3) is 0 Å². The van der Waals surface area contributed by atoms with Gasteiger partial charge in [-0.05, 0) is 23.9 Å². The molecule has 0 spiro atoms. The summed E-state index contributed by atoms with van der Waals surface area (Å²) < 4.78 is 1.55. The number of carbonyl (C=O) groups is 1. The summed E-state index contributed by atoms with van der Waals surface area (Å²) in [6.45, 7) is 0. The highest BCUT2D eigenvalue weighted by Gasteiger charge is 2.15. The second-order valence-corrected chi connectivity index (χ2v) is 3.71. The topological polar surface area (TPSA) is 46.1 Å². The van der Waals surface area contributed by atoms with E-state index in [0.717, 1.165) is 0 Å². The maximum absolute atomic E-state index is 11.6. The van der Waals surface area contributed by atoms with E-state index in [2.05, 4.69) is 9.97 Å². The number of hydrogen-bond acceptors (Lipinski definition) is 5. The molecule has 0 aromatic carbocycles. The predicted molar refractivity (Wildman–Crippen MR) is 55.2 cm³/mol. The van der Waals surface area contributed by atoms with Crippen LogP contribution in [0.1, 0.15) is 10.5 Å².